The van der Waals surface area contributed by atoms with Crippen molar-refractivity contribution in [3.63, 3.8) is 0 Å². The van der Waals surface area contributed by atoms with E-state index in [2.05, 4.69) is 0 Å². The summed E-state index contributed by atoms with van der Waals surface area (Å²) in [7, 11) is 0. The third-order valence-electron chi connectivity index (χ3n) is 2.39. The summed E-state index contributed by atoms with van der Waals surface area (Å²) in [5.41, 5.74) is 1.13. The van der Waals surface area contributed by atoms with Crippen LogP contribution in [-0.2, 0) is 6.54 Å². The first kappa shape index (κ1) is 10.1. The Bertz CT molecular complexity index is 448. The third-order valence-corrected chi connectivity index (χ3v) is 2.39. The van der Waals surface area contributed by atoms with Gasteiger partial charge in [0.25, 0.3) is 0 Å². The molecule has 1 heterocycles. The monoisotopic (exact) mass is 205 g/mol. The molecule has 0 unspecified atom stereocenters. The maximum atomic E-state index is 8.89. The fraction of sp³-hybridized carbons (Fsp3) is 0.333. The summed E-state index contributed by atoms with van der Waals surface area (Å²) in [4.78, 5) is 0. The lowest BCUT2D eigenvalue weighted by molar-refractivity contribution is 0.278. The Labute approximate surface area is 88.9 Å². The van der Waals surface area contributed by atoms with Gasteiger partial charge in [-0.25, -0.2) is 0 Å². The van der Waals surface area contributed by atoms with Crippen molar-refractivity contribution in [3.8, 4) is 5.75 Å². The molecule has 0 aliphatic rings. The van der Waals surface area contributed by atoms with Gasteiger partial charge in [-0.15, -0.1) is 0 Å². The van der Waals surface area contributed by atoms with Gasteiger partial charge in [-0.1, -0.05) is 0 Å². The predicted molar refractivity (Wildman–Crippen MR) is 60.2 cm³/mol. The lowest BCUT2D eigenvalue weighted by atomic mass is 10.2. The fourth-order valence-electron chi connectivity index (χ4n) is 1.74. The molecule has 0 bridgehead atoms. The van der Waals surface area contributed by atoms with Crippen molar-refractivity contribution < 1.29 is 9.84 Å². The highest BCUT2D eigenvalue weighted by Gasteiger charge is 2.01. The molecule has 1 aromatic carbocycles. The lowest BCUT2D eigenvalue weighted by Crippen LogP contribution is -1.99. The maximum Gasteiger partial charge on any atom is 0.120 e. The molecule has 3 heteroatoms. The van der Waals surface area contributed by atoms with Crippen molar-refractivity contribution in [1.29, 1.82) is 0 Å². The molecule has 2 aromatic rings. The van der Waals surface area contributed by atoms with E-state index in [-0.39, 0.29) is 6.61 Å². The number of rotatable bonds is 4. The van der Waals surface area contributed by atoms with E-state index in [1.165, 1.54) is 0 Å². The van der Waals surface area contributed by atoms with Crippen LogP contribution in [-0.4, -0.2) is 22.9 Å². The molecule has 0 fully saturated rings. The molecule has 0 atom stereocenters. The van der Waals surface area contributed by atoms with E-state index >= 15 is 0 Å². The van der Waals surface area contributed by atoms with Crippen LogP contribution in [0.2, 0.25) is 0 Å². The molecule has 80 valence electrons. The molecule has 1 aromatic heterocycles. The van der Waals surface area contributed by atoms with Gasteiger partial charge in [-0.3, -0.25) is 0 Å². The van der Waals surface area contributed by atoms with Crippen LogP contribution in [0.4, 0.5) is 0 Å². The Morgan fingerprint density at radius 2 is 2.20 bits per heavy atom. The van der Waals surface area contributed by atoms with Crippen LogP contribution < -0.4 is 4.74 Å². The number of benzene rings is 1. The zero-order valence-electron chi connectivity index (χ0n) is 8.81. The van der Waals surface area contributed by atoms with Gasteiger partial charge in [0.2, 0.25) is 0 Å². The van der Waals surface area contributed by atoms with Crippen molar-refractivity contribution in [3.05, 3.63) is 30.5 Å². The smallest absolute Gasteiger partial charge is 0.120 e. The van der Waals surface area contributed by atoms with Gasteiger partial charge in [0.05, 0.1) is 13.2 Å². The minimum Gasteiger partial charge on any atom is -0.494 e. The van der Waals surface area contributed by atoms with Crippen LogP contribution in [0.1, 0.15) is 6.92 Å². The molecule has 0 radical (unpaired) electrons. The Balaban J connectivity index is 2.38. The number of nitrogens with zero attached hydrogens (tertiary/aromatic N) is 1. The summed E-state index contributed by atoms with van der Waals surface area (Å²) >= 11 is 0. The fourth-order valence-corrected chi connectivity index (χ4v) is 1.74. The molecule has 0 amide bonds. The van der Waals surface area contributed by atoms with Gasteiger partial charge >= 0.3 is 0 Å². The minimum absolute atomic E-state index is 0.164. The van der Waals surface area contributed by atoms with E-state index in [1.807, 2.05) is 42.0 Å². The maximum absolute atomic E-state index is 8.89. The SMILES string of the molecule is CCOc1ccc2c(ccn2CCO)c1. The van der Waals surface area contributed by atoms with Crippen LogP contribution in [0.3, 0.4) is 0 Å². The van der Waals surface area contributed by atoms with E-state index in [1.54, 1.807) is 0 Å². The normalized spacial score (nSPS) is 10.8. The van der Waals surface area contributed by atoms with Crippen molar-refractivity contribution in [1.82, 2.24) is 4.57 Å². The first-order chi connectivity index (χ1) is 7.35. The second kappa shape index (κ2) is 4.36. The van der Waals surface area contributed by atoms with Gasteiger partial charge in [-0.05, 0) is 31.2 Å². The Morgan fingerprint density at radius 1 is 1.33 bits per heavy atom. The van der Waals surface area contributed by atoms with Gasteiger partial charge in [-0.2, -0.15) is 0 Å². The molecule has 3 nitrogen and oxygen atoms in total. The first-order valence-electron chi connectivity index (χ1n) is 5.17. The van der Waals surface area contributed by atoms with Crippen LogP contribution in [0.15, 0.2) is 30.5 Å². The second-order valence-electron chi connectivity index (χ2n) is 3.39. The van der Waals surface area contributed by atoms with E-state index in [4.69, 9.17) is 9.84 Å². The minimum atomic E-state index is 0.164. The van der Waals surface area contributed by atoms with Gasteiger partial charge in [0.15, 0.2) is 0 Å². The van der Waals surface area contributed by atoms with E-state index in [0.717, 1.165) is 16.7 Å². The molecule has 2 rings (SSSR count). The molecule has 1 N–H and O–H groups in total. The number of hydrogen-bond acceptors (Lipinski definition) is 2. The standard InChI is InChI=1S/C12H15NO2/c1-2-15-11-3-4-12-10(9-11)5-6-13(12)7-8-14/h3-6,9,14H,2,7-8H2,1H3. The van der Waals surface area contributed by atoms with Crippen LogP contribution >= 0.6 is 0 Å². The molecule has 0 spiro atoms. The summed E-state index contributed by atoms with van der Waals surface area (Å²) in [6.45, 7) is 3.46. The molecule has 15 heavy (non-hydrogen) atoms. The highest BCUT2D eigenvalue weighted by molar-refractivity contribution is 5.81. The lowest BCUT2D eigenvalue weighted by Gasteiger charge is -2.05. The number of aliphatic hydroxyl groups excluding tert-OH is 1. The topological polar surface area (TPSA) is 34.4 Å². The van der Waals surface area contributed by atoms with Crippen LogP contribution in [0.5, 0.6) is 5.75 Å². The molecule has 0 saturated carbocycles. The van der Waals surface area contributed by atoms with E-state index in [9.17, 15) is 0 Å². The molecule has 0 aliphatic heterocycles. The van der Waals surface area contributed by atoms with Gasteiger partial charge < -0.3 is 14.4 Å². The summed E-state index contributed by atoms with van der Waals surface area (Å²) < 4.78 is 7.46. The average Bonchev–Trinajstić information content (AvgIpc) is 2.62. The Kier molecular flexibility index (Phi) is 2.92. The summed E-state index contributed by atoms with van der Waals surface area (Å²) in [6, 6.07) is 8.04. The van der Waals surface area contributed by atoms with Gasteiger partial charge in [0, 0.05) is 23.6 Å². The Hall–Kier alpha value is -1.48. The zero-order valence-corrected chi connectivity index (χ0v) is 8.81. The molecular weight excluding hydrogens is 190 g/mol. The van der Waals surface area contributed by atoms with E-state index < -0.39 is 0 Å². The highest BCUT2D eigenvalue weighted by atomic mass is 16.5. The highest BCUT2D eigenvalue weighted by Crippen LogP contribution is 2.21. The number of aliphatic hydroxyl groups is 1. The molecular formula is C12H15NO2. The molecule has 0 aliphatic carbocycles. The summed E-state index contributed by atoms with van der Waals surface area (Å²) in [6.07, 6.45) is 1.98. The van der Waals surface area contributed by atoms with Crippen LogP contribution in [0.25, 0.3) is 10.9 Å². The summed E-state index contributed by atoms with van der Waals surface area (Å²) in [5, 5.41) is 10.0. The molecule has 0 saturated heterocycles. The summed E-state index contributed by atoms with van der Waals surface area (Å²) in [5.74, 6) is 0.895. The van der Waals surface area contributed by atoms with E-state index in [0.29, 0.717) is 13.2 Å². The van der Waals surface area contributed by atoms with Crippen molar-refractivity contribution in [2.45, 2.75) is 13.5 Å². The van der Waals surface area contributed by atoms with Crippen molar-refractivity contribution >= 4 is 10.9 Å². The van der Waals surface area contributed by atoms with Crippen molar-refractivity contribution in [2.24, 2.45) is 0 Å². The third kappa shape index (κ3) is 1.97. The quantitative estimate of drug-likeness (QED) is 0.828. The number of ether oxygens (including phenoxy) is 1. The van der Waals surface area contributed by atoms with Crippen LogP contribution in [0, 0.1) is 0 Å². The largest absolute Gasteiger partial charge is 0.494 e. The number of aromatic nitrogens is 1. The number of hydrogen-bond donors (Lipinski definition) is 1. The van der Waals surface area contributed by atoms with Crippen molar-refractivity contribution in [2.75, 3.05) is 13.2 Å². The zero-order chi connectivity index (χ0) is 10.7. The average molecular weight is 205 g/mol. The predicted octanol–water partition coefficient (Wildman–Crippen LogP) is 2.03. The first-order valence-corrected chi connectivity index (χ1v) is 5.17. The van der Waals surface area contributed by atoms with Gasteiger partial charge in [0.1, 0.15) is 5.75 Å². The Morgan fingerprint density at radius 3 is 2.93 bits per heavy atom. The second-order valence-corrected chi connectivity index (χ2v) is 3.39. The number of fused-ring (bicyclic) bond motifs is 1.